The molecule has 88 valence electrons. The number of carbonyl (C=O) groups excluding carboxylic acids is 1. The Balaban J connectivity index is 2.44. The summed E-state index contributed by atoms with van der Waals surface area (Å²) < 4.78 is 15.1. The van der Waals surface area contributed by atoms with Gasteiger partial charge in [0, 0.05) is 11.8 Å². The molecular weight excluding hydrogens is 219 g/mol. The number of hydrogen-bond donors (Lipinski definition) is 0. The molecule has 0 aliphatic heterocycles. The molecule has 0 bridgehead atoms. The summed E-state index contributed by atoms with van der Waals surface area (Å²) in [6, 6.07) is 8.13. The SMILES string of the molecule is CC(C)(C=O)n1ccc(-c2ccccc2F)n1. The predicted octanol–water partition coefficient (Wildman–Crippen LogP) is 2.62. The number of carbonyl (C=O) groups is 1. The van der Waals surface area contributed by atoms with Gasteiger partial charge in [-0.05, 0) is 32.0 Å². The second-order valence-corrected chi connectivity index (χ2v) is 4.40. The molecule has 2 aromatic rings. The largest absolute Gasteiger partial charge is 0.301 e. The van der Waals surface area contributed by atoms with Crippen molar-refractivity contribution in [3.8, 4) is 11.3 Å². The van der Waals surface area contributed by atoms with Crippen molar-refractivity contribution in [2.45, 2.75) is 19.4 Å². The Hall–Kier alpha value is -1.97. The third kappa shape index (κ3) is 2.11. The van der Waals surface area contributed by atoms with Gasteiger partial charge in [0.1, 0.15) is 17.6 Å². The molecule has 0 aliphatic carbocycles. The van der Waals surface area contributed by atoms with E-state index in [0.717, 1.165) is 6.29 Å². The van der Waals surface area contributed by atoms with Crippen molar-refractivity contribution < 1.29 is 9.18 Å². The number of aromatic nitrogens is 2. The lowest BCUT2D eigenvalue weighted by atomic mass is 10.1. The summed E-state index contributed by atoms with van der Waals surface area (Å²) in [7, 11) is 0. The third-order valence-electron chi connectivity index (χ3n) is 2.62. The van der Waals surface area contributed by atoms with Crippen LogP contribution in [0.5, 0.6) is 0 Å². The van der Waals surface area contributed by atoms with Crippen molar-refractivity contribution in [1.82, 2.24) is 9.78 Å². The molecule has 2 rings (SSSR count). The zero-order valence-electron chi connectivity index (χ0n) is 9.72. The van der Waals surface area contributed by atoms with Gasteiger partial charge in [0.15, 0.2) is 0 Å². The number of aldehydes is 1. The minimum absolute atomic E-state index is 0.318. The first kappa shape index (κ1) is 11.5. The van der Waals surface area contributed by atoms with Crippen molar-refractivity contribution >= 4 is 6.29 Å². The normalized spacial score (nSPS) is 11.5. The number of nitrogens with zero attached hydrogens (tertiary/aromatic N) is 2. The quantitative estimate of drug-likeness (QED) is 0.762. The monoisotopic (exact) mass is 232 g/mol. The summed E-state index contributed by atoms with van der Waals surface area (Å²) in [5, 5.41) is 4.23. The molecule has 0 saturated carbocycles. The fraction of sp³-hybridized carbons (Fsp3) is 0.231. The predicted molar refractivity (Wildman–Crippen MR) is 63.0 cm³/mol. The lowest BCUT2D eigenvalue weighted by Crippen LogP contribution is -2.28. The van der Waals surface area contributed by atoms with E-state index in [1.807, 2.05) is 0 Å². The van der Waals surface area contributed by atoms with Gasteiger partial charge in [-0.3, -0.25) is 4.68 Å². The summed E-state index contributed by atoms with van der Waals surface area (Å²) in [4.78, 5) is 10.9. The highest BCUT2D eigenvalue weighted by Crippen LogP contribution is 2.22. The Morgan fingerprint density at radius 1 is 1.29 bits per heavy atom. The average Bonchev–Trinajstić information content (AvgIpc) is 2.79. The van der Waals surface area contributed by atoms with Crippen LogP contribution in [0.2, 0.25) is 0 Å². The second kappa shape index (κ2) is 4.13. The Kier molecular flexibility index (Phi) is 2.79. The highest BCUT2D eigenvalue weighted by atomic mass is 19.1. The van der Waals surface area contributed by atoms with Crippen molar-refractivity contribution in [2.75, 3.05) is 0 Å². The van der Waals surface area contributed by atoms with E-state index in [9.17, 15) is 9.18 Å². The molecule has 0 N–H and O–H groups in total. The van der Waals surface area contributed by atoms with E-state index in [1.165, 1.54) is 10.7 Å². The van der Waals surface area contributed by atoms with E-state index >= 15 is 0 Å². The summed E-state index contributed by atoms with van der Waals surface area (Å²) in [6.45, 7) is 3.50. The van der Waals surface area contributed by atoms with Crippen LogP contribution in [0.15, 0.2) is 36.5 Å². The van der Waals surface area contributed by atoms with Crippen LogP contribution in [0.3, 0.4) is 0 Å². The smallest absolute Gasteiger partial charge is 0.147 e. The second-order valence-electron chi connectivity index (χ2n) is 4.40. The standard InChI is InChI=1S/C13H13FN2O/c1-13(2,9-17)16-8-7-12(15-16)10-5-3-4-6-11(10)14/h3-9H,1-2H3. The minimum atomic E-state index is -0.719. The third-order valence-corrected chi connectivity index (χ3v) is 2.62. The van der Waals surface area contributed by atoms with Crippen LogP contribution >= 0.6 is 0 Å². The molecule has 1 heterocycles. The first-order chi connectivity index (χ1) is 8.04. The van der Waals surface area contributed by atoms with Gasteiger partial charge in [-0.1, -0.05) is 12.1 Å². The zero-order chi connectivity index (χ0) is 12.5. The summed E-state index contributed by atoms with van der Waals surface area (Å²) in [5.41, 5.74) is 0.245. The van der Waals surface area contributed by atoms with E-state index in [1.54, 1.807) is 44.3 Å². The Labute approximate surface area is 98.9 Å². The number of benzene rings is 1. The molecule has 0 aliphatic rings. The highest BCUT2D eigenvalue weighted by molar-refractivity contribution is 5.62. The van der Waals surface area contributed by atoms with Gasteiger partial charge in [-0.2, -0.15) is 5.10 Å². The highest BCUT2D eigenvalue weighted by Gasteiger charge is 2.20. The summed E-state index contributed by atoms with van der Waals surface area (Å²) >= 11 is 0. The molecule has 1 aromatic carbocycles. The lowest BCUT2D eigenvalue weighted by Gasteiger charge is -2.17. The van der Waals surface area contributed by atoms with Crippen molar-refractivity contribution in [3.05, 3.63) is 42.3 Å². The molecule has 1 aromatic heterocycles. The van der Waals surface area contributed by atoms with Crippen molar-refractivity contribution in [2.24, 2.45) is 0 Å². The maximum Gasteiger partial charge on any atom is 0.147 e. The van der Waals surface area contributed by atoms with Gasteiger partial charge in [0.2, 0.25) is 0 Å². The van der Waals surface area contributed by atoms with Crippen molar-refractivity contribution in [1.29, 1.82) is 0 Å². The van der Waals surface area contributed by atoms with Gasteiger partial charge < -0.3 is 4.79 Å². The molecule has 0 saturated heterocycles. The molecule has 0 atom stereocenters. The van der Waals surface area contributed by atoms with Crippen LogP contribution in [0.1, 0.15) is 13.8 Å². The molecule has 0 unspecified atom stereocenters. The van der Waals surface area contributed by atoms with Crippen LogP contribution in [-0.4, -0.2) is 16.1 Å². The topological polar surface area (TPSA) is 34.9 Å². The van der Waals surface area contributed by atoms with Crippen LogP contribution in [0, 0.1) is 5.82 Å². The van der Waals surface area contributed by atoms with Crippen LogP contribution in [0.4, 0.5) is 4.39 Å². The maximum absolute atomic E-state index is 13.5. The molecule has 0 fully saturated rings. The fourth-order valence-electron chi connectivity index (χ4n) is 1.51. The van der Waals surface area contributed by atoms with Gasteiger partial charge in [-0.15, -0.1) is 0 Å². The summed E-state index contributed by atoms with van der Waals surface area (Å²) in [5.74, 6) is -0.318. The van der Waals surface area contributed by atoms with Crippen LogP contribution < -0.4 is 0 Å². The van der Waals surface area contributed by atoms with Gasteiger partial charge in [-0.25, -0.2) is 4.39 Å². The van der Waals surface area contributed by atoms with E-state index in [4.69, 9.17) is 0 Å². The first-order valence-electron chi connectivity index (χ1n) is 5.32. The maximum atomic E-state index is 13.5. The van der Waals surface area contributed by atoms with E-state index in [2.05, 4.69) is 5.10 Å². The van der Waals surface area contributed by atoms with Gasteiger partial charge >= 0.3 is 0 Å². The number of rotatable bonds is 3. The Morgan fingerprint density at radius 2 is 2.00 bits per heavy atom. The van der Waals surface area contributed by atoms with Crippen molar-refractivity contribution in [3.63, 3.8) is 0 Å². The number of hydrogen-bond acceptors (Lipinski definition) is 2. The molecule has 4 heteroatoms. The van der Waals surface area contributed by atoms with Gasteiger partial charge in [0.05, 0.1) is 5.69 Å². The Morgan fingerprint density at radius 3 is 2.65 bits per heavy atom. The Bertz CT molecular complexity index is 546. The molecule has 3 nitrogen and oxygen atoms in total. The minimum Gasteiger partial charge on any atom is -0.301 e. The molecule has 0 amide bonds. The fourth-order valence-corrected chi connectivity index (χ4v) is 1.51. The van der Waals surface area contributed by atoms with Crippen LogP contribution in [-0.2, 0) is 10.3 Å². The molecule has 0 spiro atoms. The lowest BCUT2D eigenvalue weighted by molar-refractivity contribution is -0.114. The summed E-state index contributed by atoms with van der Waals surface area (Å²) in [6.07, 6.45) is 2.49. The van der Waals surface area contributed by atoms with E-state index in [0.29, 0.717) is 11.3 Å². The molecule has 17 heavy (non-hydrogen) atoms. The van der Waals surface area contributed by atoms with E-state index in [-0.39, 0.29) is 5.82 Å². The average molecular weight is 232 g/mol. The first-order valence-corrected chi connectivity index (χ1v) is 5.32. The van der Waals surface area contributed by atoms with Gasteiger partial charge in [0.25, 0.3) is 0 Å². The molecule has 0 radical (unpaired) electrons. The zero-order valence-corrected chi connectivity index (χ0v) is 9.72. The van der Waals surface area contributed by atoms with E-state index < -0.39 is 5.54 Å². The number of halogens is 1. The van der Waals surface area contributed by atoms with Crippen LogP contribution in [0.25, 0.3) is 11.3 Å². The molecular formula is C13H13FN2O.